The van der Waals surface area contributed by atoms with Crippen LogP contribution in [0.15, 0.2) is 47.4 Å². The molecular weight excluding hydrogens is 294 g/mol. The van der Waals surface area contributed by atoms with Gasteiger partial charge >= 0.3 is 0 Å². The lowest BCUT2D eigenvalue weighted by Gasteiger charge is -2.08. The number of hydrogen-bond donors (Lipinski definition) is 1. The number of para-hydroxylation sites is 1. The van der Waals surface area contributed by atoms with E-state index in [4.69, 9.17) is 4.55 Å². The van der Waals surface area contributed by atoms with Gasteiger partial charge < -0.3 is 0 Å². The van der Waals surface area contributed by atoms with E-state index in [0.717, 1.165) is 5.56 Å². The molecule has 0 bridgehead atoms. The zero-order chi connectivity index (χ0) is 15.6. The topological polar surface area (TPSA) is 97.5 Å². The predicted molar refractivity (Wildman–Crippen MR) is 76.9 cm³/mol. The second-order valence-corrected chi connectivity index (χ2v) is 6.05. The van der Waals surface area contributed by atoms with Crippen molar-refractivity contribution < 1.29 is 17.9 Å². The first-order valence-electron chi connectivity index (χ1n) is 6.08. The molecule has 0 aliphatic rings. The maximum absolute atomic E-state index is 11.2. The van der Waals surface area contributed by atoms with Crippen LogP contribution in [0.25, 0.3) is 0 Å². The number of nitro groups is 1. The molecule has 0 spiro atoms. The van der Waals surface area contributed by atoms with E-state index in [9.17, 15) is 18.5 Å². The number of nitro benzene ring substituents is 1. The van der Waals surface area contributed by atoms with E-state index < -0.39 is 15.0 Å². The van der Waals surface area contributed by atoms with Crippen molar-refractivity contribution in [2.24, 2.45) is 0 Å². The van der Waals surface area contributed by atoms with Gasteiger partial charge in [0.15, 0.2) is 0 Å². The molecule has 0 atom stereocenters. The van der Waals surface area contributed by atoms with Crippen molar-refractivity contribution >= 4 is 15.8 Å². The summed E-state index contributed by atoms with van der Waals surface area (Å²) < 4.78 is 31.4. The first kappa shape index (κ1) is 15.1. The molecule has 0 amide bonds. The third kappa shape index (κ3) is 3.45. The zero-order valence-corrected chi connectivity index (χ0v) is 12.0. The van der Waals surface area contributed by atoms with Crippen LogP contribution in [-0.2, 0) is 16.5 Å². The lowest BCUT2D eigenvalue weighted by Crippen LogP contribution is -2.02. The monoisotopic (exact) mass is 307 g/mol. The zero-order valence-electron chi connectivity index (χ0n) is 11.2. The van der Waals surface area contributed by atoms with Gasteiger partial charge in [0.05, 0.1) is 9.82 Å². The molecule has 0 saturated carbocycles. The lowest BCUT2D eigenvalue weighted by atomic mass is 9.99. The van der Waals surface area contributed by atoms with Gasteiger partial charge in [-0.15, -0.1) is 0 Å². The van der Waals surface area contributed by atoms with E-state index in [1.165, 1.54) is 18.2 Å². The Morgan fingerprint density at radius 3 is 2.43 bits per heavy atom. The molecule has 0 saturated heterocycles. The first-order chi connectivity index (χ1) is 9.79. The summed E-state index contributed by atoms with van der Waals surface area (Å²) in [6.07, 6.45) is 0.215. The Morgan fingerprint density at radius 2 is 1.81 bits per heavy atom. The second kappa shape index (κ2) is 5.63. The highest BCUT2D eigenvalue weighted by molar-refractivity contribution is 7.85. The molecule has 2 aromatic rings. The molecule has 0 aliphatic heterocycles. The summed E-state index contributed by atoms with van der Waals surface area (Å²) in [5.41, 5.74) is 1.87. The maximum atomic E-state index is 11.2. The average Bonchev–Trinajstić information content (AvgIpc) is 2.40. The van der Waals surface area contributed by atoms with Gasteiger partial charge in [-0.1, -0.05) is 24.3 Å². The summed E-state index contributed by atoms with van der Waals surface area (Å²) in [4.78, 5) is 10.3. The van der Waals surface area contributed by atoms with Crippen molar-refractivity contribution in [3.63, 3.8) is 0 Å². The van der Waals surface area contributed by atoms with Crippen LogP contribution in [0.4, 0.5) is 5.69 Å². The Kier molecular flexibility index (Phi) is 4.06. The summed E-state index contributed by atoms with van der Waals surface area (Å²) in [5.74, 6) is 0. The Hall–Kier alpha value is -2.25. The van der Waals surface area contributed by atoms with Crippen LogP contribution >= 0.6 is 0 Å². The minimum Gasteiger partial charge on any atom is -0.282 e. The van der Waals surface area contributed by atoms with Crippen molar-refractivity contribution in [3.8, 4) is 0 Å². The van der Waals surface area contributed by atoms with Gasteiger partial charge in [-0.2, -0.15) is 8.42 Å². The SMILES string of the molecule is Cc1ccc(S(=O)(=O)O)cc1Cc1ccccc1[N+](=O)[O-]. The summed E-state index contributed by atoms with van der Waals surface area (Å²) in [5, 5.41) is 11.0. The van der Waals surface area contributed by atoms with Gasteiger partial charge in [0.25, 0.3) is 15.8 Å². The summed E-state index contributed by atoms with van der Waals surface area (Å²) in [6.45, 7) is 1.78. The third-order valence-corrected chi connectivity index (χ3v) is 4.04. The molecular formula is C14H13NO5S. The van der Waals surface area contributed by atoms with Gasteiger partial charge in [-0.25, -0.2) is 0 Å². The minimum absolute atomic E-state index is 0.0193. The molecule has 0 aromatic heterocycles. The molecule has 2 rings (SSSR count). The fourth-order valence-corrected chi connectivity index (χ4v) is 2.57. The molecule has 0 aliphatic carbocycles. The highest BCUT2D eigenvalue weighted by Gasteiger charge is 2.16. The molecule has 0 radical (unpaired) electrons. The number of aryl methyl sites for hydroxylation is 1. The average molecular weight is 307 g/mol. The third-order valence-electron chi connectivity index (χ3n) is 3.19. The molecule has 21 heavy (non-hydrogen) atoms. The Labute approximate surface area is 121 Å². The van der Waals surface area contributed by atoms with Gasteiger partial charge in [-0.05, 0) is 30.2 Å². The van der Waals surface area contributed by atoms with E-state index in [-0.39, 0.29) is 17.0 Å². The smallest absolute Gasteiger partial charge is 0.282 e. The fourth-order valence-electron chi connectivity index (χ4n) is 2.04. The van der Waals surface area contributed by atoms with Crippen LogP contribution in [-0.4, -0.2) is 17.9 Å². The van der Waals surface area contributed by atoms with Gasteiger partial charge in [0, 0.05) is 18.1 Å². The Morgan fingerprint density at radius 1 is 1.14 bits per heavy atom. The van der Waals surface area contributed by atoms with Crippen molar-refractivity contribution in [2.75, 3.05) is 0 Å². The van der Waals surface area contributed by atoms with E-state index in [2.05, 4.69) is 0 Å². The van der Waals surface area contributed by atoms with Crippen LogP contribution in [0.3, 0.4) is 0 Å². The Bertz CT molecular complexity index is 799. The van der Waals surface area contributed by atoms with E-state index in [1.807, 2.05) is 0 Å². The van der Waals surface area contributed by atoms with Gasteiger partial charge in [0.2, 0.25) is 0 Å². The summed E-state index contributed by atoms with van der Waals surface area (Å²) in [6, 6.07) is 10.5. The molecule has 0 unspecified atom stereocenters. The molecule has 0 heterocycles. The summed E-state index contributed by atoms with van der Waals surface area (Å²) in [7, 11) is -4.29. The van der Waals surface area contributed by atoms with Crippen molar-refractivity contribution in [2.45, 2.75) is 18.2 Å². The quantitative estimate of drug-likeness (QED) is 0.532. The maximum Gasteiger partial charge on any atom is 0.294 e. The van der Waals surface area contributed by atoms with Crippen molar-refractivity contribution in [1.82, 2.24) is 0 Å². The van der Waals surface area contributed by atoms with Crippen molar-refractivity contribution in [3.05, 3.63) is 69.3 Å². The van der Waals surface area contributed by atoms with Crippen LogP contribution in [0.1, 0.15) is 16.7 Å². The number of hydrogen-bond acceptors (Lipinski definition) is 4. The second-order valence-electron chi connectivity index (χ2n) is 4.63. The van der Waals surface area contributed by atoms with E-state index in [0.29, 0.717) is 11.1 Å². The van der Waals surface area contributed by atoms with Crippen LogP contribution in [0.5, 0.6) is 0 Å². The molecule has 0 fully saturated rings. The van der Waals surface area contributed by atoms with Gasteiger partial charge in [0.1, 0.15) is 0 Å². The number of rotatable bonds is 4. The van der Waals surface area contributed by atoms with Crippen LogP contribution < -0.4 is 0 Å². The normalized spacial score (nSPS) is 11.3. The van der Waals surface area contributed by atoms with Crippen LogP contribution in [0, 0.1) is 17.0 Å². The van der Waals surface area contributed by atoms with E-state index >= 15 is 0 Å². The highest BCUT2D eigenvalue weighted by Crippen LogP contribution is 2.24. The van der Waals surface area contributed by atoms with Crippen LogP contribution in [0.2, 0.25) is 0 Å². The molecule has 7 heteroatoms. The van der Waals surface area contributed by atoms with Gasteiger partial charge in [-0.3, -0.25) is 14.7 Å². The van der Waals surface area contributed by atoms with Crippen molar-refractivity contribution in [1.29, 1.82) is 0 Å². The largest absolute Gasteiger partial charge is 0.294 e. The molecule has 1 N–H and O–H groups in total. The number of benzene rings is 2. The molecule has 110 valence electrons. The minimum atomic E-state index is -4.29. The predicted octanol–water partition coefficient (Wildman–Crippen LogP) is 2.74. The molecule has 6 nitrogen and oxygen atoms in total. The summed E-state index contributed by atoms with van der Waals surface area (Å²) >= 11 is 0. The first-order valence-corrected chi connectivity index (χ1v) is 7.52. The standard InChI is InChI=1S/C14H13NO5S/c1-10-6-7-13(21(18,19)20)9-12(10)8-11-4-2-3-5-14(11)15(16)17/h2-7,9H,8H2,1H3,(H,18,19,20). The lowest BCUT2D eigenvalue weighted by molar-refractivity contribution is -0.385. The van der Waals surface area contributed by atoms with E-state index in [1.54, 1.807) is 31.2 Å². The Balaban J connectivity index is 2.47. The highest BCUT2D eigenvalue weighted by atomic mass is 32.2. The number of nitrogens with zero attached hydrogens (tertiary/aromatic N) is 1. The fraction of sp³-hybridized carbons (Fsp3) is 0.143. The molecule has 2 aromatic carbocycles.